The summed E-state index contributed by atoms with van der Waals surface area (Å²) < 4.78 is 28.2. The van der Waals surface area contributed by atoms with E-state index in [0.717, 1.165) is 22.0 Å². The Bertz CT molecular complexity index is 1330. The fraction of sp³-hybridized carbons (Fsp3) is 0.125. The van der Waals surface area contributed by atoms with E-state index in [1.807, 2.05) is 61.5 Å². The molecule has 5 nitrogen and oxygen atoms in total. The zero-order chi connectivity index (χ0) is 21.1. The molecular weight excluding hydrogens is 396 g/mol. The lowest BCUT2D eigenvalue weighted by Crippen LogP contribution is -2.32. The number of para-hydroxylation sites is 1. The fourth-order valence-electron chi connectivity index (χ4n) is 3.37. The second-order valence-electron chi connectivity index (χ2n) is 7.28. The van der Waals surface area contributed by atoms with Gasteiger partial charge in [-0.2, -0.15) is 4.31 Å². The molecular formula is C24H22N2O3S. The highest BCUT2D eigenvalue weighted by molar-refractivity contribution is 7.89. The summed E-state index contributed by atoms with van der Waals surface area (Å²) in [5.41, 5.74) is 2.67. The smallest absolute Gasteiger partial charge is 0.252 e. The maximum Gasteiger partial charge on any atom is 0.252 e. The number of fused-ring (bicyclic) bond motifs is 1. The molecule has 0 unspecified atom stereocenters. The van der Waals surface area contributed by atoms with Crippen molar-refractivity contribution in [3.63, 3.8) is 0 Å². The predicted octanol–water partition coefficient (Wildman–Crippen LogP) is 4.23. The van der Waals surface area contributed by atoms with Crippen molar-refractivity contribution in [1.29, 1.82) is 0 Å². The molecule has 0 aliphatic carbocycles. The van der Waals surface area contributed by atoms with E-state index in [0.29, 0.717) is 5.56 Å². The lowest BCUT2D eigenvalue weighted by Gasteiger charge is -2.22. The summed E-state index contributed by atoms with van der Waals surface area (Å²) in [4.78, 5) is 15.7. The summed E-state index contributed by atoms with van der Waals surface area (Å²) in [6.07, 6.45) is 0. The summed E-state index contributed by atoms with van der Waals surface area (Å²) in [6, 6.07) is 25.3. The van der Waals surface area contributed by atoms with Crippen molar-refractivity contribution < 1.29 is 8.42 Å². The Hall–Kier alpha value is -3.22. The minimum Gasteiger partial charge on any atom is -0.322 e. The van der Waals surface area contributed by atoms with E-state index in [-0.39, 0.29) is 23.5 Å². The van der Waals surface area contributed by atoms with E-state index in [4.69, 9.17) is 0 Å². The van der Waals surface area contributed by atoms with Gasteiger partial charge < -0.3 is 4.98 Å². The van der Waals surface area contributed by atoms with Gasteiger partial charge in [0.2, 0.25) is 10.0 Å². The van der Waals surface area contributed by atoms with Crippen LogP contribution in [0.3, 0.4) is 0 Å². The molecule has 0 fully saturated rings. The highest BCUT2D eigenvalue weighted by Crippen LogP contribution is 2.22. The van der Waals surface area contributed by atoms with Gasteiger partial charge in [0.1, 0.15) is 0 Å². The van der Waals surface area contributed by atoms with Crippen LogP contribution in [0.15, 0.2) is 94.6 Å². The number of nitrogens with zero attached hydrogens (tertiary/aromatic N) is 1. The lowest BCUT2D eigenvalue weighted by molar-refractivity contribution is 0.400. The molecule has 0 saturated heterocycles. The van der Waals surface area contributed by atoms with Crippen molar-refractivity contribution in [2.75, 3.05) is 0 Å². The van der Waals surface area contributed by atoms with Crippen LogP contribution in [-0.2, 0) is 23.1 Å². The molecule has 3 aromatic carbocycles. The number of nitrogens with one attached hydrogen (secondary N) is 1. The van der Waals surface area contributed by atoms with Crippen LogP contribution >= 0.6 is 0 Å². The van der Waals surface area contributed by atoms with Gasteiger partial charge in [-0.3, -0.25) is 4.79 Å². The highest BCUT2D eigenvalue weighted by atomic mass is 32.2. The average Bonchev–Trinajstić information content (AvgIpc) is 2.75. The third kappa shape index (κ3) is 4.20. The Labute approximate surface area is 175 Å². The van der Waals surface area contributed by atoms with Crippen LogP contribution < -0.4 is 5.56 Å². The number of aromatic nitrogens is 1. The molecule has 4 rings (SSSR count). The normalized spacial score (nSPS) is 11.8. The van der Waals surface area contributed by atoms with Crippen molar-refractivity contribution >= 4 is 20.9 Å². The van der Waals surface area contributed by atoms with Crippen LogP contribution in [0.4, 0.5) is 0 Å². The van der Waals surface area contributed by atoms with Crippen LogP contribution in [0.1, 0.15) is 16.7 Å². The maximum absolute atomic E-state index is 13.4. The zero-order valence-corrected chi connectivity index (χ0v) is 17.4. The number of sulfonamides is 1. The number of aromatic amines is 1. The number of H-pyrrole nitrogens is 1. The number of rotatable bonds is 6. The highest BCUT2D eigenvalue weighted by Gasteiger charge is 2.26. The van der Waals surface area contributed by atoms with Crippen molar-refractivity contribution in [3.8, 4) is 0 Å². The van der Waals surface area contributed by atoms with Gasteiger partial charge in [-0.15, -0.1) is 0 Å². The summed E-state index contributed by atoms with van der Waals surface area (Å²) in [5, 5.41) is 0.861. The third-order valence-corrected chi connectivity index (χ3v) is 6.84. The van der Waals surface area contributed by atoms with Crippen LogP contribution in [-0.4, -0.2) is 17.7 Å². The number of hydrogen-bond donors (Lipinski definition) is 1. The maximum atomic E-state index is 13.4. The molecule has 0 radical (unpaired) electrons. The number of hydrogen-bond acceptors (Lipinski definition) is 3. The average molecular weight is 419 g/mol. The molecule has 0 aliphatic heterocycles. The third-order valence-electron chi connectivity index (χ3n) is 5.04. The molecule has 1 aromatic heterocycles. The molecule has 1 N–H and O–H groups in total. The molecule has 0 atom stereocenters. The lowest BCUT2D eigenvalue weighted by atomic mass is 10.1. The second-order valence-corrected chi connectivity index (χ2v) is 9.22. The van der Waals surface area contributed by atoms with Gasteiger partial charge >= 0.3 is 0 Å². The van der Waals surface area contributed by atoms with Gasteiger partial charge in [0.05, 0.1) is 4.90 Å². The van der Waals surface area contributed by atoms with E-state index < -0.39 is 10.0 Å². The van der Waals surface area contributed by atoms with Gasteiger partial charge in [-0.1, -0.05) is 66.2 Å². The molecule has 0 saturated carbocycles. The molecule has 4 aromatic rings. The first-order chi connectivity index (χ1) is 14.4. The molecule has 0 bridgehead atoms. The summed E-state index contributed by atoms with van der Waals surface area (Å²) in [7, 11) is -3.80. The Morgan fingerprint density at radius 3 is 2.23 bits per heavy atom. The molecule has 0 aliphatic rings. The van der Waals surface area contributed by atoms with E-state index in [9.17, 15) is 13.2 Å². The van der Waals surface area contributed by atoms with Gasteiger partial charge in [-0.05, 0) is 42.1 Å². The van der Waals surface area contributed by atoms with Crippen LogP contribution in [0, 0.1) is 6.92 Å². The summed E-state index contributed by atoms with van der Waals surface area (Å²) in [5.74, 6) is 0. The Morgan fingerprint density at radius 2 is 1.50 bits per heavy atom. The molecule has 0 spiro atoms. The first-order valence-electron chi connectivity index (χ1n) is 9.65. The number of benzene rings is 3. The van der Waals surface area contributed by atoms with Crippen LogP contribution in [0.5, 0.6) is 0 Å². The first-order valence-corrected chi connectivity index (χ1v) is 11.1. The number of pyridine rings is 1. The van der Waals surface area contributed by atoms with E-state index in [2.05, 4.69) is 4.98 Å². The second kappa shape index (κ2) is 8.26. The molecule has 6 heteroatoms. The van der Waals surface area contributed by atoms with Gasteiger partial charge in [-0.25, -0.2) is 8.42 Å². The van der Waals surface area contributed by atoms with Gasteiger partial charge in [0.25, 0.3) is 5.56 Å². The SMILES string of the molecule is Cc1ccc(S(=O)(=O)N(Cc2ccccc2)Cc2cc3ccccc3[nH]c2=O)cc1. The van der Waals surface area contributed by atoms with E-state index in [1.54, 1.807) is 30.3 Å². The minimum atomic E-state index is -3.80. The van der Waals surface area contributed by atoms with Crippen molar-refractivity contribution in [3.05, 3.63) is 112 Å². The van der Waals surface area contributed by atoms with E-state index >= 15 is 0 Å². The minimum absolute atomic E-state index is 0.0225. The standard InChI is InChI=1S/C24H22N2O3S/c1-18-11-13-22(14-12-18)30(28,29)26(16-19-7-3-2-4-8-19)17-21-15-20-9-5-6-10-23(20)25-24(21)27/h2-15H,16-17H2,1H3,(H,25,27). The Kier molecular flexibility index (Phi) is 5.53. The quantitative estimate of drug-likeness (QED) is 0.509. The van der Waals surface area contributed by atoms with Gasteiger partial charge in [0, 0.05) is 24.2 Å². The van der Waals surface area contributed by atoms with Crippen LogP contribution in [0.25, 0.3) is 10.9 Å². The van der Waals surface area contributed by atoms with Crippen molar-refractivity contribution in [2.24, 2.45) is 0 Å². The summed E-state index contributed by atoms with van der Waals surface area (Å²) >= 11 is 0. The van der Waals surface area contributed by atoms with Crippen molar-refractivity contribution in [1.82, 2.24) is 9.29 Å². The molecule has 30 heavy (non-hydrogen) atoms. The molecule has 1 heterocycles. The zero-order valence-electron chi connectivity index (χ0n) is 16.6. The monoisotopic (exact) mass is 418 g/mol. The fourth-order valence-corrected chi connectivity index (χ4v) is 4.78. The number of aryl methyl sites for hydroxylation is 1. The van der Waals surface area contributed by atoms with Gasteiger partial charge in [0.15, 0.2) is 0 Å². The first kappa shape index (κ1) is 20.1. The Balaban J connectivity index is 1.76. The Morgan fingerprint density at radius 1 is 0.833 bits per heavy atom. The largest absolute Gasteiger partial charge is 0.322 e. The summed E-state index contributed by atoms with van der Waals surface area (Å²) in [6.45, 7) is 2.06. The topological polar surface area (TPSA) is 70.2 Å². The molecule has 152 valence electrons. The van der Waals surface area contributed by atoms with Crippen molar-refractivity contribution in [2.45, 2.75) is 24.9 Å². The van der Waals surface area contributed by atoms with E-state index in [1.165, 1.54) is 4.31 Å². The molecule has 0 amide bonds. The van der Waals surface area contributed by atoms with Crippen LogP contribution in [0.2, 0.25) is 0 Å². The predicted molar refractivity (Wildman–Crippen MR) is 119 cm³/mol.